The summed E-state index contributed by atoms with van der Waals surface area (Å²) in [5.41, 5.74) is 0.604. The van der Waals surface area contributed by atoms with Gasteiger partial charge in [0.2, 0.25) is 5.91 Å². The molecule has 1 heterocycles. The molecular formula is C17H24F2N2O3. The van der Waals surface area contributed by atoms with Crippen molar-refractivity contribution in [1.29, 1.82) is 0 Å². The smallest absolute Gasteiger partial charge is 0.387 e. The lowest BCUT2D eigenvalue weighted by Crippen LogP contribution is -2.55. The van der Waals surface area contributed by atoms with Crippen molar-refractivity contribution in [2.24, 2.45) is 0 Å². The zero-order chi connectivity index (χ0) is 17.6. The van der Waals surface area contributed by atoms with E-state index in [4.69, 9.17) is 4.74 Å². The first-order valence-corrected chi connectivity index (χ1v) is 8.00. The second kappa shape index (κ2) is 8.39. The van der Waals surface area contributed by atoms with Gasteiger partial charge in [-0.05, 0) is 31.5 Å². The minimum Gasteiger partial charge on any atom is -0.435 e. The molecule has 5 nitrogen and oxygen atoms in total. The van der Waals surface area contributed by atoms with E-state index in [1.54, 1.807) is 12.1 Å². The molecule has 1 aliphatic heterocycles. The topological polar surface area (TPSA) is 50.8 Å². The Morgan fingerprint density at radius 3 is 2.50 bits per heavy atom. The molecule has 0 bridgehead atoms. The summed E-state index contributed by atoms with van der Waals surface area (Å²) in [5.74, 6) is -0.0125. The fraction of sp³-hybridized carbons (Fsp3) is 0.588. The summed E-state index contributed by atoms with van der Waals surface area (Å²) in [6.45, 7) is 5.02. The molecule has 1 aliphatic rings. The van der Waals surface area contributed by atoms with Crippen LogP contribution in [0.25, 0.3) is 0 Å². The molecule has 7 heteroatoms. The van der Waals surface area contributed by atoms with Crippen LogP contribution >= 0.6 is 0 Å². The Morgan fingerprint density at radius 1 is 1.29 bits per heavy atom. The van der Waals surface area contributed by atoms with E-state index in [2.05, 4.69) is 28.8 Å². The van der Waals surface area contributed by atoms with Crippen molar-refractivity contribution in [2.75, 3.05) is 32.8 Å². The lowest BCUT2D eigenvalue weighted by molar-refractivity contribution is -0.121. The van der Waals surface area contributed by atoms with Gasteiger partial charge < -0.3 is 14.8 Å². The molecule has 1 fully saturated rings. The molecule has 0 atom stereocenters. The molecule has 0 saturated carbocycles. The Morgan fingerprint density at radius 2 is 1.92 bits per heavy atom. The molecule has 1 saturated heterocycles. The Bertz CT molecular complexity index is 529. The highest BCUT2D eigenvalue weighted by atomic mass is 19.3. The molecule has 1 amide bonds. The molecule has 0 spiro atoms. The van der Waals surface area contributed by atoms with Crippen LogP contribution in [-0.2, 0) is 16.0 Å². The van der Waals surface area contributed by atoms with Crippen molar-refractivity contribution in [2.45, 2.75) is 32.4 Å². The number of amides is 1. The van der Waals surface area contributed by atoms with Gasteiger partial charge in [-0.2, -0.15) is 8.78 Å². The van der Waals surface area contributed by atoms with E-state index in [0.29, 0.717) is 19.8 Å². The molecule has 134 valence electrons. The summed E-state index contributed by atoms with van der Waals surface area (Å²) >= 11 is 0. The summed E-state index contributed by atoms with van der Waals surface area (Å²) in [6.07, 6.45) is 0.203. The van der Waals surface area contributed by atoms with Gasteiger partial charge in [-0.3, -0.25) is 9.69 Å². The van der Waals surface area contributed by atoms with Crippen molar-refractivity contribution >= 4 is 5.91 Å². The predicted molar refractivity (Wildman–Crippen MR) is 86.3 cm³/mol. The third-order valence-electron chi connectivity index (χ3n) is 4.10. The van der Waals surface area contributed by atoms with Crippen molar-refractivity contribution < 1.29 is 23.0 Å². The Kier molecular flexibility index (Phi) is 6.51. The molecule has 2 rings (SSSR count). The van der Waals surface area contributed by atoms with Gasteiger partial charge in [-0.1, -0.05) is 12.1 Å². The van der Waals surface area contributed by atoms with Gasteiger partial charge in [0.1, 0.15) is 5.75 Å². The second-order valence-corrected chi connectivity index (χ2v) is 6.39. The van der Waals surface area contributed by atoms with Gasteiger partial charge in [0, 0.05) is 25.2 Å². The maximum absolute atomic E-state index is 12.1. The molecule has 0 aromatic heterocycles. The normalized spacial score (nSPS) is 16.2. The van der Waals surface area contributed by atoms with Crippen LogP contribution in [0, 0.1) is 0 Å². The van der Waals surface area contributed by atoms with Crippen molar-refractivity contribution in [3.05, 3.63) is 29.8 Å². The van der Waals surface area contributed by atoms with Crippen LogP contribution in [0.15, 0.2) is 24.3 Å². The Labute approximate surface area is 140 Å². The number of nitrogens with zero attached hydrogens (tertiary/aromatic N) is 1. The number of ether oxygens (including phenoxy) is 2. The summed E-state index contributed by atoms with van der Waals surface area (Å²) in [7, 11) is 0. The molecule has 0 aliphatic carbocycles. The third kappa shape index (κ3) is 5.72. The van der Waals surface area contributed by atoms with E-state index < -0.39 is 6.61 Å². The lowest BCUT2D eigenvalue weighted by atomic mass is 10.0. The van der Waals surface area contributed by atoms with E-state index in [1.165, 1.54) is 12.1 Å². The first kappa shape index (κ1) is 18.6. The average Bonchev–Trinajstić information content (AvgIpc) is 2.55. The van der Waals surface area contributed by atoms with Crippen molar-refractivity contribution in [3.8, 4) is 5.75 Å². The van der Waals surface area contributed by atoms with E-state index >= 15 is 0 Å². The number of benzene rings is 1. The maximum Gasteiger partial charge on any atom is 0.387 e. The fourth-order valence-electron chi connectivity index (χ4n) is 2.63. The van der Waals surface area contributed by atoms with E-state index in [-0.39, 0.29) is 23.6 Å². The summed E-state index contributed by atoms with van der Waals surface area (Å²) in [4.78, 5) is 14.4. The predicted octanol–water partition coefficient (Wildman–Crippen LogP) is 2.06. The molecule has 0 radical (unpaired) electrons. The number of hydrogen-bond acceptors (Lipinski definition) is 4. The minimum atomic E-state index is -2.85. The van der Waals surface area contributed by atoms with Gasteiger partial charge in [0.25, 0.3) is 0 Å². The highest BCUT2D eigenvalue weighted by Gasteiger charge is 2.28. The molecule has 24 heavy (non-hydrogen) atoms. The number of hydrogen-bond donors (Lipinski definition) is 1. The number of carbonyl (C=O) groups excluding carboxylic acids is 1. The van der Waals surface area contributed by atoms with Gasteiger partial charge in [0.15, 0.2) is 0 Å². The van der Waals surface area contributed by atoms with Gasteiger partial charge in [0.05, 0.1) is 19.6 Å². The Hall–Kier alpha value is -1.73. The minimum absolute atomic E-state index is 0.0857. The number of halogens is 2. The lowest BCUT2D eigenvalue weighted by Gasteiger charge is -2.40. The monoisotopic (exact) mass is 342 g/mol. The molecule has 1 N–H and O–H groups in total. The number of morpholine rings is 1. The SMILES string of the molecule is CC(C)(CNC(=O)Cc1ccc(OC(F)F)cc1)N1CCOCC1. The van der Waals surface area contributed by atoms with Crippen LogP contribution in [0.1, 0.15) is 19.4 Å². The number of carbonyl (C=O) groups is 1. The average molecular weight is 342 g/mol. The second-order valence-electron chi connectivity index (χ2n) is 6.39. The largest absolute Gasteiger partial charge is 0.435 e. The number of alkyl halides is 2. The zero-order valence-corrected chi connectivity index (χ0v) is 14.1. The van der Waals surface area contributed by atoms with E-state index in [9.17, 15) is 13.6 Å². The van der Waals surface area contributed by atoms with E-state index in [0.717, 1.165) is 18.7 Å². The van der Waals surface area contributed by atoms with Gasteiger partial charge >= 0.3 is 6.61 Å². The third-order valence-corrected chi connectivity index (χ3v) is 4.10. The summed E-state index contributed by atoms with van der Waals surface area (Å²) in [6, 6.07) is 6.10. The summed E-state index contributed by atoms with van der Waals surface area (Å²) in [5, 5.41) is 2.94. The molecular weight excluding hydrogens is 318 g/mol. The standard InChI is InChI=1S/C17H24F2N2O3/c1-17(2,21-7-9-23-10-8-21)12-20-15(22)11-13-3-5-14(6-4-13)24-16(18)19/h3-6,16H,7-12H2,1-2H3,(H,20,22). The first-order chi connectivity index (χ1) is 11.4. The fourth-order valence-corrected chi connectivity index (χ4v) is 2.63. The maximum atomic E-state index is 12.1. The van der Waals surface area contributed by atoms with Crippen LogP contribution < -0.4 is 10.1 Å². The quantitative estimate of drug-likeness (QED) is 0.824. The van der Waals surface area contributed by atoms with Crippen LogP contribution in [0.2, 0.25) is 0 Å². The van der Waals surface area contributed by atoms with Gasteiger partial charge in [-0.25, -0.2) is 0 Å². The van der Waals surface area contributed by atoms with E-state index in [1.807, 2.05) is 0 Å². The molecule has 1 aromatic rings. The number of nitrogens with one attached hydrogen (secondary N) is 1. The van der Waals surface area contributed by atoms with Crippen LogP contribution in [0.4, 0.5) is 8.78 Å². The highest BCUT2D eigenvalue weighted by molar-refractivity contribution is 5.78. The highest BCUT2D eigenvalue weighted by Crippen LogP contribution is 2.16. The van der Waals surface area contributed by atoms with Crippen LogP contribution in [0.5, 0.6) is 5.75 Å². The molecule has 0 unspecified atom stereocenters. The number of rotatable bonds is 7. The first-order valence-electron chi connectivity index (χ1n) is 8.00. The van der Waals surface area contributed by atoms with Crippen molar-refractivity contribution in [1.82, 2.24) is 10.2 Å². The van der Waals surface area contributed by atoms with Crippen molar-refractivity contribution in [3.63, 3.8) is 0 Å². The molecule has 1 aromatic carbocycles. The van der Waals surface area contributed by atoms with Crippen LogP contribution in [0.3, 0.4) is 0 Å². The van der Waals surface area contributed by atoms with Crippen LogP contribution in [-0.4, -0.2) is 55.8 Å². The Balaban J connectivity index is 1.80. The zero-order valence-electron chi connectivity index (χ0n) is 14.1. The summed E-state index contributed by atoms with van der Waals surface area (Å²) < 4.78 is 33.8. The van der Waals surface area contributed by atoms with Gasteiger partial charge in [-0.15, -0.1) is 0 Å².